The van der Waals surface area contributed by atoms with Crippen molar-refractivity contribution in [1.82, 2.24) is 9.97 Å². The summed E-state index contributed by atoms with van der Waals surface area (Å²) in [5.74, 6) is 0. The van der Waals surface area contributed by atoms with Crippen LogP contribution in [0.3, 0.4) is 0 Å². The van der Waals surface area contributed by atoms with E-state index in [0.29, 0.717) is 12.1 Å². The summed E-state index contributed by atoms with van der Waals surface area (Å²) in [5, 5.41) is 0. The zero-order valence-electron chi connectivity index (χ0n) is 27.0. The Balaban J connectivity index is -0.000000100. The molecular formula is C37H64N2. The highest BCUT2D eigenvalue weighted by atomic mass is 14.7. The minimum absolute atomic E-state index is 0. The van der Waals surface area contributed by atoms with Gasteiger partial charge < -0.3 is 0 Å². The molecule has 0 bridgehead atoms. The van der Waals surface area contributed by atoms with E-state index in [1.54, 1.807) is 18.3 Å². The molecular weight excluding hydrogens is 472 g/mol. The first-order chi connectivity index (χ1) is 18.4. The fourth-order valence-electron chi connectivity index (χ4n) is 2.40. The quantitative estimate of drug-likeness (QED) is 0.240. The second-order valence-corrected chi connectivity index (χ2v) is 6.44. The van der Waals surface area contributed by atoms with Crippen molar-refractivity contribution in [2.24, 2.45) is 0 Å². The largest absolute Gasteiger partial charge is 0.262 e. The monoisotopic (exact) mass is 541 g/mol. The molecule has 0 aliphatic rings. The molecule has 0 atom stereocenters. The first-order valence-electron chi connectivity index (χ1n) is 14.3. The number of pyridine rings is 2. The van der Waals surface area contributed by atoms with Crippen LogP contribution in [0.4, 0.5) is 0 Å². The van der Waals surface area contributed by atoms with Crippen molar-refractivity contribution >= 4 is 0 Å². The summed E-state index contributed by atoms with van der Waals surface area (Å²) in [6.07, 6.45) is 3.11. The maximum atomic E-state index is 7.35. The Morgan fingerprint density at radius 1 is 0.462 bits per heavy atom. The molecule has 2 aromatic carbocycles. The van der Waals surface area contributed by atoms with E-state index in [0.717, 1.165) is 17.0 Å². The Morgan fingerprint density at radius 3 is 1.15 bits per heavy atom. The van der Waals surface area contributed by atoms with Crippen molar-refractivity contribution in [3.8, 4) is 11.3 Å². The number of nitrogens with zero attached hydrogens (tertiary/aromatic N) is 2. The number of benzene rings is 2. The molecule has 4 rings (SSSR count). The minimum atomic E-state index is 0. The molecule has 0 radical (unpaired) electrons. The number of aromatic nitrogens is 2. The molecule has 39 heavy (non-hydrogen) atoms. The van der Waals surface area contributed by atoms with E-state index in [2.05, 4.69) is 61.1 Å². The van der Waals surface area contributed by atoms with Gasteiger partial charge in [-0.3, -0.25) is 9.97 Å². The highest BCUT2D eigenvalue weighted by Crippen LogP contribution is 2.19. The lowest BCUT2D eigenvalue weighted by atomic mass is 10.1. The van der Waals surface area contributed by atoms with Gasteiger partial charge in [0.1, 0.15) is 0 Å². The van der Waals surface area contributed by atoms with Crippen molar-refractivity contribution < 1.29 is 2.74 Å². The van der Waals surface area contributed by atoms with Crippen LogP contribution in [0.15, 0.2) is 97.3 Å². The highest BCUT2D eigenvalue weighted by Gasteiger charge is 1.99. The maximum Gasteiger partial charge on any atom is 0.0704 e. The molecule has 0 aliphatic heterocycles. The van der Waals surface area contributed by atoms with E-state index >= 15 is 0 Å². The van der Waals surface area contributed by atoms with Crippen LogP contribution in [-0.2, 0) is 0 Å². The Bertz CT molecular complexity index is 1000. The van der Waals surface area contributed by atoms with E-state index in [4.69, 9.17) is 2.74 Å². The van der Waals surface area contributed by atoms with Crippen LogP contribution in [0.1, 0.15) is 103 Å². The molecule has 0 unspecified atom stereocenters. The summed E-state index contributed by atoms with van der Waals surface area (Å²) in [5.41, 5.74) is 6.96. The fourth-order valence-corrected chi connectivity index (χ4v) is 2.40. The lowest BCUT2D eigenvalue weighted by Crippen LogP contribution is -1.84. The molecule has 0 spiro atoms. The van der Waals surface area contributed by atoms with Crippen molar-refractivity contribution in [3.05, 3.63) is 120 Å². The zero-order valence-corrected chi connectivity index (χ0v) is 25.0. The van der Waals surface area contributed by atoms with Crippen LogP contribution in [-0.4, -0.2) is 9.97 Å². The summed E-state index contributed by atoms with van der Waals surface area (Å²) >= 11 is 0. The van der Waals surface area contributed by atoms with Gasteiger partial charge >= 0.3 is 0 Å². The van der Waals surface area contributed by atoms with E-state index in [1.165, 1.54) is 22.9 Å². The molecule has 0 amide bonds. The second-order valence-electron chi connectivity index (χ2n) is 6.44. The van der Waals surface area contributed by atoms with Gasteiger partial charge in [0.25, 0.3) is 0 Å². The number of aryl methyl sites for hydroxylation is 4. The molecule has 0 fully saturated rings. The van der Waals surface area contributed by atoms with Crippen LogP contribution in [0.25, 0.3) is 11.3 Å². The van der Waals surface area contributed by atoms with Gasteiger partial charge in [-0.1, -0.05) is 138 Å². The SMILES string of the molecule is C.C.C.CC.CC.CC.CC.Cc1ccccc1C.[3H]c1ccc(-c2ccccc2C)nc1.[3H]c1ccc(C)nc1. The Morgan fingerprint density at radius 2 is 0.846 bits per heavy atom. The molecule has 0 N–H and O–H groups in total. The average molecular weight is 541 g/mol. The summed E-state index contributed by atoms with van der Waals surface area (Å²) in [4.78, 5) is 8.11. The third kappa shape index (κ3) is 24.8. The third-order valence-corrected chi connectivity index (χ3v) is 4.23. The molecule has 0 saturated carbocycles. The van der Waals surface area contributed by atoms with Crippen LogP contribution in [0.5, 0.6) is 0 Å². The third-order valence-electron chi connectivity index (χ3n) is 4.23. The Hall–Kier alpha value is -3.26. The molecule has 2 nitrogen and oxygen atoms in total. The minimum Gasteiger partial charge on any atom is -0.262 e. The van der Waals surface area contributed by atoms with Gasteiger partial charge in [-0.05, 0) is 68.6 Å². The first-order valence-corrected chi connectivity index (χ1v) is 13.3. The Kier molecular flexibility index (Phi) is 40.5. The number of rotatable bonds is 1. The van der Waals surface area contributed by atoms with Gasteiger partial charge in [-0.2, -0.15) is 0 Å². The van der Waals surface area contributed by atoms with E-state index in [1.807, 2.05) is 92.6 Å². The molecule has 2 heteroatoms. The van der Waals surface area contributed by atoms with Gasteiger partial charge in [-0.25, -0.2) is 0 Å². The number of hydrogen-bond donors (Lipinski definition) is 0. The van der Waals surface area contributed by atoms with E-state index < -0.39 is 0 Å². The molecule has 222 valence electrons. The standard InChI is InChI=1S/C12H11N.C8H10.C6H7N.4C2H6.3CH4/c1-10-6-2-3-7-11(10)12-8-4-5-9-13-12;1-7-5-3-4-6-8(7)2;1-6-4-2-3-5-7-6;4*1-2;;;/h2-9H,1H3;3-6H,1-2H3;2-5H,1H3;4*1-2H3;3*1H4/i5T;;3T;;;;;;;. The van der Waals surface area contributed by atoms with Crippen LogP contribution >= 0.6 is 0 Å². The Labute approximate surface area is 248 Å². The molecule has 2 heterocycles. The summed E-state index contributed by atoms with van der Waals surface area (Å²) < 4.78 is 14.4. The fraction of sp³-hybridized carbons (Fsp3) is 0.405. The molecule has 0 saturated heterocycles. The summed E-state index contributed by atoms with van der Waals surface area (Å²) in [6.45, 7) is 24.2. The first kappa shape index (κ1) is 42.8. The van der Waals surface area contributed by atoms with Gasteiger partial charge in [0.15, 0.2) is 0 Å². The van der Waals surface area contributed by atoms with Crippen molar-refractivity contribution in [1.29, 1.82) is 0 Å². The van der Waals surface area contributed by atoms with Crippen molar-refractivity contribution in [2.75, 3.05) is 0 Å². The maximum absolute atomic E-state index is 7.35. The van der Waals surface area contributed by atoms with Crippen LogP contribution in [0, 0.1) is 27.7 Å². The molecule has 0 aliphatic carbocycles. The van der Waals surface area contributed by atoms with Crippen molar-refractivity contribution in [3.63, 3.8) is 0 Å². The van der Waals surface area contributed by atoms with Gasteiger partial charge in [0.05, 0.1) is 8.44 Å². The molecule has 4 aromatic rings. The van der Waals surface area contributed by atoms with E-state index in [9.17, 15) is 0 Å². The lowest BCUT2D eigenvalue weighted by Gasteiger charge is -2.03. The normalized spacial score (nSPS) is 8.10. The van der Waals surface area contributed by atoms with Crippen LogP contribution in [0.2, 0.25) is 0 Å². The average Bonchev–Trinajstić information content (AvgIpc) is 2.98. The topological polar surface area (TPSA) is 25.8 Å². The van der Waals surface area contributed by atoms with E-state index in [-0.39, 0.29) is 22.3 Å². The van der Waals surface area contributed by atoms with Crippen molar-refractivity contribution in [2.45, 2.75) is 105 Å². The van der Waals surface area contributed by atoms with Gasteiger partial charge in [0, 0.05) is 23.7 Å². The zero-order chi connectivity index (χ0) is 29.9. The predicted octanol–water partition coefficient (Wildman–Crippen LogP) is 12.8. The highest BCUT2D eigenvalue weighted by molar-refractivity contribution is 5.62. The van der Waals surface area contributed by atoms with Crippen LogP contribution < -0.4 is 0 Å². The lowest BCUT2D eigenvalue weighted by molar-refractivity contribution is 1.20. The summed E-state index contributed by atoms with van der Waals surface area (Å²) in [7, 11) is 0. The smallest absolute Gasteiger partial charge is 0.0704 e. The summed E-state index contributed by atoms with van der Waals surface area (Å²) in [6, 6.07) is 24.6. The molecule has 2 aromatic heterocycles. The second kappa shape index (κ2) is 36.9. The number of hydrogen-bond acceptors (Lipinski definition) is 2. The predicted molar refractivity (Wildman–Crippen MR) is 185 cm³/mol. The van der Waals surface area contributed by atoms with Gasteiger partial charge in [-0.15, -0.1) is 0 Å². The van der Waals surface area contributed by atoms with Gasteiger partial charge in [0.2, 0.25) is 0 Å².